The fourth-order valence-electron chi connectivity index (χ4n) is 2.66. The van der Waals surface area contributed by atoms with E-state index in [4.69, 9.17) is 9.57 Å². The highest BCUT2D eigenvalue weighted by Crippen LogP contribution is 2.22. The van der Waals surface area contributed by atoms with E-state index < -0.39 is 6.10 Å². The van der Waals surface area contributed by atoms with Crippen molar-refractivity contribution in [2.75, 3.05) is 7.11 Å². The second-order valence-electron chi connectivity index (χ2n) is 5.85. The van der Waals surface area contributed by atoms with E-state index in [9.17, 15) is 4.79 Å². The van der Waals surface area contributed by atoms with Crippen molar-refractivity contribution in [1.82, 2.24) is 5.32 Å². The molecule has 0 spiro atoms. The molecule has 130 valence electrons. The van der Waals surface area contributed by atoms with E-state index >= 15 is 0 Å². The van der Waals surface area contributed by atoms with Crippen LogP contribution in [0.5, 0.6) is 5.75 Å². The number of carbonyl (C=O) groups excluding carboxylic acids is 1. The minimum atomic E-state index is -0.609. The summed E-state index contributed by atoms with van der Waals surface area (Å²) >= 11 is 3.44. The Bertz CT molecular complexity index is 807. The summed E-state index contributed by atoms with van der Waals surface area (Å²) in [7, 11) is 1.62. The second-order valence-corrected chi connectivity index (χ2v) is 6.77. The van der Waals surface area contributed by atoms with E-state index in [0.29, 0.717) is 6.42 Å². The zero-order valence-electron chi connectivity index (χ0n) is 14.0. The number of nitrogens with one attached hydrogen (secondary N) is 1. The maximum absolute atomic E-state index is 12.5. The van der Waals surface area contributed by atoms with Gasteiger partial charge < -0.3 is 14.9 Å². The molecule has 1 N–H and O–H groups in total. The lowest BCUT2D eigenvalue weighted by atomic mass is 10.0. The van der Waals surface area contributed by atoms with Gasteiger partial charge in [-0.3, -0.25) is 4.79 Å². The minimum absolute atomic E-state index is 0.152. The standard InChI is InChI=1S/C19H19BrN2O3/c1-12(13-5-4-8-16(10-13)24-2)21-19(23)18-11-17(22-25-18)14-6-3-7-15(20)9-14/h3-10,12,18H,11H2,1-2H3,(H,21,23)/t12-,18-/m0/s1. The SMILES string of the molecule is COc1cccc([C@H](C)NC(=O)[C@@H]2CC(c3cccc(Br)c3)=NO2)c1. The molecule has 2 atom stereocenters. The zero-order valence-corrected chi connectivity index (χ0v) is 15.6. The third-order valence-electron chi connectivity index (χ3n) is 4.07. The number of rotatable bonds is 5. The molecule has 2 aromatic rings. The Hall–Kier alpha value is -2.34. The van der Waals surface area contributed by atoms with Crippen molar-refractivity contribution in [1.29, 1.82) is 0 Å². The molecule has 0 bridgehead atoms. The molecule has 6 heteroatoms. The third kappa shape index (κ3) is 4.20. The van der Waals surface area contributed by atoms with E-state index in [-0.39, 0.29) is 11.9 Å². The zero-order chi connectivity index (χ0) is 17.8. The summed E-state index contributed by atoms with van der Waals surface area (Å²) in [4.78, 5) is 17.8. The van der Waals surface area contributed by atoms with E-state index in [1.807, 2.05) is 55.5 Å². The first-order valence-corrected chi connectivity index (χ1v) is 8.79. The lowest BCUT2D eigenvalue weighted by Crippen LogP contribution is -2.36. The molecule has 1 amide bonds. The smallest absolute Gasteiger partial charge is 0.264 e. The molecule has 2 aromatic carbocycles. The second kappa shape index (κ2) is 7.70. The summed E-state index contributed by atoms with van der Waals surface area (Å²) in [5.74, 6) is 0.583. The summed E-state index contributed by atoms with van der Waals surface area (Å²) in [6, 6.07) is 15.3. The molecule has 1 heterocycles. The maximum atomic E-state index is 12.5. The molecule has 0 radical (unpaired) electrons. The summed E-state index contributed by atoms with van der Waals surface area (Å²) in [5, 5.41) is 7.04. The Morgan fingerprint density at radius 3 is 2.88 bits per heavy atom. The predicted molar refractivity (Wildman–Crippen MR) is 99.7 cm³/mol. The molecule has 0 fully saturated rings. The molecule has 0 aliphatic carbocycles. The average Bonchev–Trinajstić information content (AvgIpc) is 3.12. The molecule has 25 heavy (non-hydrogen) atoms. The largest absolute Gasteiger partial charge is 0.497 e. The predicted octanol–water partition coefficient (Wildman–Crippen LogP) is 3.83. The van der Waals surface area contributed by atoms with E-state index in [0.717, 1.165) is 27.1 Å². The van der Waals surface area contributed by atoms with Gasteiger partial charge in [0.1, 0.15) is 5.75 Å². The highest BCUT2D eigenvalue weighted by Gasteiger charge is 2.29. The first-order chi connectivity index (χ1) is 12.1. The van der Waals surface area contributed by atoms with Gasteiger partial charge in [0.25, 0.3) is 5.91 Å². The van der Waals surface area contributed by atoms with Crippen LogP contribution in [0.3, 0.4) is 0 Å². The van der Waals surface area contributed by atoms with E-state index in [2.05, 4.69) is 26.4 Å². The van der Waals surface area contributed by atoms with Crippen molar-refractivity contribution in [3.05, 3.63) is 64.1 Å². The molecule has 0 unspecified atom stereocenters. The molecule has 1 aliphatic rings. The number of oxime groups is 1. The molecular weight excluding hydrogens is 384 g/mol. The van der Waals surface area contributed by atoms with Crippen molar-refractivity contribution in [2.24, 2.45) is 5.16 Å². The maximum Gasteiger partial charge on any atom is 0.264 e. The molecule has 0 aromatic heterocycles. The number of benzene rings is 2. The van der Waals surface area contributed by atoms with Gasteiger partial charge in [0.15, 0.2) is 0 Å². The van der Waals surface area contributed by atoms with Gasteiger partial charge >= 0.3 is 0 Å². The lowest BCUT2D eigenvalue weighted by molar-refractivity contribution is -0.131. The van der Waals surface area contributed by atoms with Crippen LogP contribution in [0.2, 0.25) is 0 Å². The van der Waals surface area contributed by atoms with Crippen LogP contribution < -0.4 is 10.1 Å². The first-order valence-electron chi connectivity index (χ1n) is 8.00. The summed E-state index contributed by atoms with van der Waals surface area (Å²) in [6.45, 7) is 1.93. The van der Waals surface area contributed by atoms with Crippen molar-refractivity contribution < 1.29 is 14.4 Å². The van der Waals surface area contributed by atoms with Crippen molar-refractivity contribution in [3.63, 3.8) is 0 Å². The number of hydrogen-bond acceptors (Lipinski definition) is 4. The minimum Gasteiger partial charge on any atom is -0.497 e. The third-order valence-corrected chi connectivity index (χ3v) is 4.56. The molecule has 0 saturated carbocycles. The number of ether oxygens (including phenoxy) is 1. The first kappa shape index (κ1) is 17.5. The average molecular weight is 403 g/mol. The summed E-state index contributed by atoms with van der Waals surface area (Å²) < 4.78 is 6.19. The molecular formula is C19H19BrN2O3. The number of halogens is 1. The van der Waals surface area contributed by atoms with Crippen LogP contribution in [0.1, 0.15) is 30.5 Å². The Morgan fingerprint density at radius 1 is 1.32 bits per heavy atom. The monoisotopic (exact) mass is 402 g/mol. The highest BCUT2D eigenvalue weighted by molar-refractivity contribution is 9.10. The van der Waals surface area contributed by atoms with Crippen LogP contribution in [-0.4, -0.2) is 24.8 Å². The molecule has 1 aliphatic heterocycles. The molecule has 5 nitrogen and oxygen atoms in total. The quantitative estimate of drug-likeness (QED) is 0.826. The van der Waals surface area contributed by atoms with Gasteiger partial charge in [0.05, 0.1) is 18.9 Å². The van der Waals surface area contributed by atoms with Crippen LogP contribution >= 0.6 is 15.9 Å². The molecule has 3 rings (SSSR count). The van der Waals surface area contributed by atoms with E-state index in [1.165, 1.54) is 0 Å². The number of methoxy groups -OCH3 is 1. The van der Waals surface area contributed by atoms with Crippen LogP contribution in [0.15, 0.2) is 58.2 Å². The van der Waals surface area contributed by atoms with Gasteiger partial charge in [-0.2, -0.15) is 0 Å². The fraction of sp³-hybridized carbons (Fsp3) is 0.263. The van der Waals surface area contributed by atoms with Gasteiger partial charge in [-0.25, -0.2) is 0 Å². The Kier molecular flexibility index (Phi) is 5.38. The number of nitrogens with zero attached hydrogens (tertiary/aromatic N) is 1. The molecule has 0 saturated heterocycles. The van der Waals surface area contributed by atoms with Crippen molar-refractivity contribution in [2.45, 2.75) is 25.5 Å². The van der Waals surface area contributed by atoms with Crippen LogP contribution in [0.4, 0.5) is 0 Å². The summed E-state index contributed by atoms with van der Waals surface area (Å²) in [6.07, 6.45) is -0.158. The number of amides is 1. The fourth-order valence-corrected chi connectivity index (χ4v) is 3.06. The van der Waals surface area contributed by atoms with Gasteiger partial charge in [-0.1, -0.05) is 45.4 Å². The topological polar surface area (TPSA) is 59.9 Å². The van der Waals surface area contributed by atoms with Gasteiger partial charge in [-0.15, -0.1) is 0 Å². The van der Waals surface area contributed by atoms with Gasteiger partial charge in [-0.05, 0) is 36.8 Å². The van der Waals surface area contributed by atoms with Gasteiger partial charge in [0.2, 0.25) is 6.10 Å². The highest BCUT2D eigenvalue weighted by atomic mass is 79.9. The Morgan fingerprint density at radius 2 is 2.12 bits per heavy atom. The number of hydrogen-bond donors (Lipinski definition) is 1. The van der Waals surface area contributed by atoms with E-state index in [1.54, 1.807) is 7.11 Å². The van der Waals surface area contributed by atoms with Gasteiger partial charge in [0, 0.05) is 16.5 Å². The normalized spacial score (nSPS) is 17.4. The van der Waals surface area contributed by atoms with Crippen LogP contribution in [-0.2, 0) is 9.63 Å². The lowest BCUT2D eigenvalue weighted by Gasteiger charge is -2.17. The van der Waals surface area contributed by atoms with Crippen molar-refractivity contribution in [3.8, 4) is 5.75 Å². The number of carbonyl (C=O) groups is 1. The Balaban J connectivity index is 1.61. The van der Waals surface area contributed by atoms with Crippen LogP contribution in [0.25, 0.3) is 0 Å². The van der Waals surface area contributed by atoms with Crippen LogP contribution in [0, 0.1) is 0 Å². The Labute approximate surface area is 155 Å². The summed E-state index contributed by atoms with van der Waals surface area (Å²) in [5.41, 5.74) is 2.69. The van der Waals surface area contributed by atoms with Crippen molar-refractivity contribution >= 4 is 27.5 Å².